The number of aryl methyl sites for hydroxylation is 2. The number of aromatic nitrogens is 3. The molecule has 238 valence electrons. The maximum Gasteiger partial charge on any atom is 0.391 e. The number of amides is 1. The predicted octanol–water partition coefficient (Wildman–Crippen LogP) is 6.91. The number of primary amides is 1. The van der Waals surface area contributed by atoms with Gasteiger partial charge in [-0.25, -0.2) is 0 Å². The first-order chi connectivity index (χ1) is 21.3. The minimum Gasteiger partial charge on any atom is -0.366 e. The molecule has 1 aliphatic rings. The minimum absolute atomic E-state index is 0.0588. The highest BCUT2D eigenvalue weighted by molar-refractivity contribution is 6.26. The molecule has 3 aromatic rings. The van der Waals surface area contributed by atoms with Gasteiger partial charge in [0, 0.05) is 43.5 Å². The SMILES string of the molecule is CCC(CC(=C(C(N)=O)c1cc(C)ccc1C)c1ccc(CC(=O)C2(CCCC(C)C(F)(F)F)CC2=O)cn1)c1cnccn1. The first-order valence-electron chi connectivity index (χ1n) is 15.2. The summed E-state index contributed by atoms with van der Waals surface area (Å²) in [4.78, 5) is 52.0. The third-order valence-electron chi connectivity index (χ3n) is 8.86. The normalized spacial score (nSPS) is 18.2. The van der Waals surface area contributed by atoms with Crippen molar-refractivity contribution in [1.82, 2.24) is 15.0 Å². The molecule has 45 heavy (non-hydrogen) atoms. The zero-order chi connectivity index (χ0) is 32.9. The molecule has 2 aromatic heterocycles. The summed E-state index contributed by atoms with van der Waals surface area (Å²) in [5.41, 5.74) is 10.2. The van der Waals surface area contributed by atoms with Crippen molar-refractivity contribution in [3.8, 4) is 0 Å². The number of Topliss-reactive ketones (excluding diaryl/α,β-unsaturated/α-hetero) is 2. The molecule has 1 fully saturated rings. The third kappa shape index (κ3) is 7.90. The van der Waals surface area contributed by atoms with Crippen molar-refractivity contribution in [3.05, 3.63) is 88.8 Å². The van der Waals surface area contributed by atoms with Crippen molar-refractivity contribution in [3.63, 3.8) is 0 Å². The molecule has 0 aliphatic heterocycles. The van der Waals surface area contributed by atoms with Gasteiger partial charge < -0.3 is 5.73 Å². The lowest BCUT2D eigenvalue weighted by atomic mass is 9.85. The van der Waals surface area contributed by atoms with Crippen molar-refractivity contribution in [2.45, 2.75) is 84.7 Å². The van der Waals surface area contributed by atoms with Gasteiger partial charge in [0.05, 0.1) is 28.3 Å². The van der Waals surface area contributed by atoms with Gasteiger partial charge in [-0.2, -0.15) is 13.2 Å². The van der Waals surface area contributed by atoms with E-state index in [0.717, 1.165) is 23.7 Å². The molecule has 3 unspecified atom stereocenters. The van der Waals surface area contributed by atoms with E-state index in [1.807, 2.05) is 39.0 Å². The molecule has 3 atom stereocenters. The topological polar surface area (TPSA) is 116 Å². The van der Waals surface area contributed by atoms with Crippen molar-refractivity contribution in [2.75, 3.05) is 0 Å². The van der Waals surface area contributed by atoms with Crippen LogP contribution in [0.4, 0.5) is 13.2 Å². The van der Waals surface area contributed by atoms with Crippen LogP contribution in [0, 0.1) is 25.2 Å². The Balaban J connectivity index is 1.64. The van der Waals surface area contributed by atoms with E-state index in [-0.39, 0.29) is 49.6 Å². The number of rotatable bonds is 14. The van der Waals surface area contributed by atoms with Crippen LogP contribution in [0.5, 0.6) is 0 Å². The molecule has 0 spiro atoms. The Hall–Kier alpha value is -4.21. The summed E-state index contributed by atoms with van der Waals surface area (Å²) in [6.45, 7) is 6.99. The van der Waals surface area contributed by atoms with Crippen LogP contribution in [0.15, 0.2) is 55.1 Å². The van der Waals surface area contributed by atoms with Crippen LogP contribution in [0.25, 0.3) is 11.1 Å². The molecule has 0 bridgehead atoms. The van der Waals surface area contributed by atoms with Crippen molar-refractivity contribution >= 4 is 28.6 Å². The number of carbonyl (C=O) groups is 3. The maximum atomic E-state index is 13.2. The largest absolute Gasteiger partial charge is 0.391 e. The predicted molar refractivity (Wildman–Crippen MR) is 166 cm³/mol. The van der Waals surface area contributed by atoms with Crippen molar-refractivity contribution in [2.24, 2.45) is 17.1 Å². The monoisotopic (exact) mass is 620 g/mol. The molecule has 7 nitrogen and oxygen atoms in total. The fourth-order valence-corrected chi connectivity index (χ4v) is 5.80. The quantitative estimate of drug-likeness (QED) is 0.155. The number of ketones is 2. The van der Waals surface area contributed by atoms with E-state index in [0.29, 0.717) is 40.8 Å². The van der Waals surface area contributed by atoms with Crippen LogP contribution in [0.3, 0.4) is 0 Å². The average Bonchev–Trinajstić information content (AvgIpc) is 3.67. The first kappa shape index (κ1) is 33.7. The Morgan fingerprint density at radius 1 is 1.07 bits per heavy atom. The van der Waals surface area contributed by atoms with Crippen LogP contribution in [-0.4, -0.2) is 38.6 Å². The number of hydrogen-bond donors (Lipinski definition) is 1. The molecule has 1 amide bonds. The van der Waals surface area contributed by atoms with Crippen LogP contribution in [0.1, 0.15) is 91.9 Å². The van der Waals surface area contributed by atoms with Crippen molar-refractivity contribution in [1.29, 1.82) is 0 Å². The lowest BCUT2D eigenvalue weighted by molar-refractivity contribution is -0.171. The van der Waals surface area contributed by atoms with Crippen LogP contribution in [-0.2, 0) is 20.8 Å². The number of allylic oxidation sites excluding steroid dienone is 1. The van der Waals surface area contributed by atoms with Crippen LogP contribution < -0.4 is 5.73 Å². The smallest absolute Gasteiger partial charge is 0.366 e. The van der Waals surface area contributed by atoms with E-state index in [1.165, 1.54) is 0 Å². The van der Waals surface area contributed by atoms with Gasteiger partial charge in [-0.15, -0.1) is 0 Å². The van der Waals surface area contributed by atoms with Gasteiger partial charge in [0.15, 0.2) is 5.78 Å². The Bertz CT molecular complexity index is 1590. The highest BCUT2D eigenvalue weighted by atomic mass is 19.4. The molecular weight excluding hydrogens is 581 g/mol. The summed E-state index contributed by atoms with van der Waals surface area (Å²) >= 11 is 0. The summed E-state index contributed by atoms with van der Waals surface area (Å²) in [7, 11) is 0. The van der Waals surface area contributed by atoms with Gasteiger partial charge in [-0.1, -0.05) is 50.1 Å². The third-order valence-corrected chi connectivity index (χ3v) is 8.86. The van der Waals surface area contributed by atoms with Gasteiger partial charge >= 0.3 is 6.18 Å². The number of pyridine rings is 1. The highest BCUT2D eigenvalue weighted by Crippen LogP contribution is 2.48. The van der Waals surface area contributed by atoms with Gasteiger partial charge in [0.1, 0.15) is 5.78 Å². The Morgan fingerprint density at radius 2 is 1.80 bits per heavy atom. The first-order valence-corrected chi connectivity index (χ1v) is 15.2. The summed E-state index contributed by atoms with van der Waals surface area (Å²) in [6, 6.07) is 9.29. The van der Waals surface area contributed by atoms with Gasteiger partial charge in [-0.05, 0) is 67.9 Å². The summed E-state index contributed by atoms with van der Waals surface area (Å²) in [5.74, 6) is -2.71. The lowest BCUT2D eigenvalue weighted by Gasteiger charge is -2.21. The summed E-state index contributed by atoms with van der Waals surface area (Å²) in [5, 5.41) is 0. The molecular formula is C35H39F3N4O3. The zero-order valence-corrected chi connectivity index (χ0v) is 26.1. The molecule has 2 N–H and O–H groups in total. The average molecular weight is 621 g/mol. The Labute approximate surface area is 261 Å². The van der Waals surface area contributed by atoms with Gasteiger partial charge in [0.2, 0.25) is 5.91 Å². The standard InChI is InChI=1S/C35H39F3N4O3/c1-5-25(29-20-40-13-14-41-29)17-27(32(33(39)45)26-15-21(2)8-9-22(26)3)28-11-10-24(19-42-28)16-30(43)34(18-31(34)44)12-6-7-23(4)35(36,37)38/h8-11,13-15,19-20,23,25H,5-7,12,16-18H2,1-4H3,(H2,39,45). The van der Waals surface area contributed by atoms with Crippen molar-refractivity contribution < 1.29 is 27.6 Å². The summed E-state index contributed by atoms with van der Waals surface area (Å²) in [6.07, 6.45) is 3.40. The molecule has 1 saturated carbocycles. The molecule has 10 heteroatoms. The van der Waals surface area contributed by atoms with E-state index in [2.05, 4.69) is 15.0 Å². The number of benzene rings is 1. The molecule has 0 radical (unpaired) electrons. The molecule has 1 aliphatic carbocycles. The lowest BCUT2D eigenvalue weighted by Crippen LogP contribution is -2.23. The number of carbonyl (C=O) groups excluding carboxylic acids is 3. The van der Waals surface area contributed by atoms with Gasteiger partial charge in [0.25, 0.3) is 0 Å². The number of halogens is 3. The number of nitrogens with zero attached hydrogens (tertiary/aromatic N) is 3. The van der Waals surface area contributed by atoms with Crippen LogP contribution in [0.2, 0.25) is 0 Å². The maximum absolute atomic E-state index is 13.2. The minimum atomic E-state index is -4.30. The number of hydrogen-bond acceptors (Lipinski definition) is 6. The second-order valence-electron chi connectivity index (χ2n) is 12.1. The fourth-order valence-electron chi connectivity index (χ4n) is 5.80. The second-order valence-corrected chi connectivity index (χ2v) is 12.1. The highest BCUT2D eigenvalue weighted by Gasteiger charge is 2.58. The van der Waals surface area contributed by atoms with E-state index in [1.54, 1.807) is 36.9 Å². The molecule has 2 heterocycles. The molecule has 0 saturated heterocycles. The zero-order valence-electron chi connectivity index (χ0n) is 26.1. The Morgan fingerprint density at radius 3 is 2.36 bits per heavy atom. The summed E-state index contributed by atoms with van der Waals surface area (Å²) < 4.78 is 38.8. The fraction of sp³-hybridized carbons (Fsp3) is 0.429. The van der Waals surface area contributed by atoms with E-state index in [4.69, 9.17) is 5.73 Å². The number of alkyl halides is 3. The van der Waals surface area contributed by atoms with Gasteiger partial charge in [-0.3, -0.25) is 29.3 Å². The van der Waals surface area contributed by atoms with E-state index < -0.39 is 23.4 Å². The van der Waals surface area contributed by atoms with Crippen LogP contribution >= 0.6 is 0 Å². The molecule has 1 aromatic carbocycles. The Kier molecular flexibility index (Phi) is 10.4. The second kappa shape index (κ2) is 13.8. The van der Waals surface area contributed by atoms with E-state index >= 15 is 0 Å². The number of nitrogens with two attached hydrogens (primary N) is 1. The van der Waals surface area contributed by atoms with E-state index in [9.17, 15) is 27.6 Å². The molecule has 4 rings (SSSR count).